The van der Waals surface area contributed by atoms with E-state index >= 15 is 0 Å². The Hall–Kier alpha value is -1.26. The zero-order chi connectivity index (χ0) is 15.7. The van der Waals surface area contributed by atoms with E-state index < -0.39 is 0 Å². The van der Waals surface area contributed by atoms with Crippen LogP contribution >= 0.6 is 0 Å². The molecule has 4 heteroatoms. The molecule has 21 heavy (non-hydrogen) atoms. The smallest absolute Gasteiger partial charge is 0.165 e. The van der Waals surface area contributed by atoms with E-state index in [9.17, 15) is 0 Å². The predicted molar refractivity (Wildman–Crippen MR) is 86.2 cm³/mol. The Morgan fingerprint density at radius 3 is 2.38 bits per heavy atom. The van der Waals surface area contributed by atoms with Gasteiger partial charge in [0.25, 0.3) is 0 Å². The summed E-state index contributed by atoms with van der Waals surface area (Å²) in [5.41, 5.74) is 1.19. The lowest BCUT2D eigenvalue weighted by Crippen LogP contribution is -2.35. The highest BCUT2D eigenvalue weighted by Crippen LogP contribution is 2.31. The van der Waals surface area contributed by atoms with E-state index in [1.165, 1.54) is 0 Å². The number of nitrogens with one attached hydrogen (secondary N) is 1. The molecule has 0 saturated carbocycles. The summed E-state index contributed by atoms with van der Waals surface area (Å²) in [7, 11) is 3.39. The van der Waals surface area contributed by atoms with E-state index in [-0.39, 0.29) is 5.54 Å². The fraction of sp³-hybridized carbons (Fsp3) is 0.647. The molecule has 0 aliphatic heterocycles. The summed E-state index contributed by atoms with van der Waals surface area (Å²) in [6.45, 7) is 8.66. The molecule has 1 aromatic rings. The van der Waals surface area contributed by atoms with E-state index in [1.54, 1.807) is 14.2 Å². The minimum atomic E-state index is 0.0683. The van der Waals surface area contributed by atoms with Gasteiger partial charge in [0.1, 0.15) is 0 Å². The number of rotatable bonds is 9. The van der Waals surface area contributed by atoms with E-state index in [1.807, 2.05) is 12.1 Å². The highest BCUT2D eigenvalue weighted by atomic mass is 16.5. The van der Waals surface area contributed by atoms with Crippen molar-refractivity contribution in [2.75, 3.05) is 27.4 Å². The van der Waals surface area contributed by atoms with Crippen LogP contribution in [0, 0.1) is 0 Å². The van der Waals surface area contributed by atoms with Crippen molar-refractivity contribution in [1.29, 1.82) is 0 Å². The number of unbranched alkanes of at least 4 members (excludes halogenated alkanes) is 1. The number of benzene rings is 1. The molecule has 4 nitrogen and oxygen atoms in total. The van der Waals surface area contributed by atoms with Gasteiger partial charge < -0.3 is 19.5 Å². The second-order valence-corrected chi connectivity index (χ2v) is 6.10. The Labute approximate surface area is 128 Å². The van der Waals surface area contributed by atoms with Crippen molar-refractivity contribution in [3.05, 3.63) is 23.8 Å². The Kier molecular flexibility index (Phi) is 7.54. The Morgan fingerprint density at radius 1 is 1.05 bits per heavy atom. The van der Waals surface area contributed by atoms with Gasteiger partial charge in [-0.05, 0) is 39.7 Å². The Bertz CT molecular complexity index is 413. The van der Waals surface area contributed by atoms with Crippen molar-refractivity contribution in [3.63, 3.8) is 0 Å². The van der Waals surface area contributed by atoms with Crippen LogP contribution in [0.25, 0.3) is 0 Å². The lowest BCUT2D eigenvalue weighted by molar-refractivity contribution is 0.183. The van der Waals surface area contributed by atoms with Gasteiger partial charge in [-0.1, -0.05) is 12.1 Å². The van der Waals surface area contributed by atoms with Crippen molar-refractivity contribution < 1.29 is 14.2 Å². The molecule has 0 bridgehead atoms. The first-order chi connectivity index (χ1) is 9.98. The standard InChI is InChI=1S/C17H29NO3/c1-17(2,3)18-13-14-9-8-10-15(20-5)16(14)21-12-7-6-11-19-4/h8-10,18H,6-7,11-13H2,1-5H3. The average Bonchev–Trinajstić information content (AvgIpc) is 2.44. The molecule has 0 fully saturated rings. The minimum absolute atomic E-state index is 0.0683. The van der Waals surface area contributed by atoms with E-state index in [2.05, 4.69) is 32.2 Å². The molecule has 0 atom stereocenters. The van der Waals surface area contributed by atoms with Gasteiger partial charge in [-0.3, -0.25) is 0 Å². The molecule has 0 aromatic heterocycles. The molecule has 0 heterocycles. The van der Waals surface area contributed by atoms with Gasteiger partial charge in [0.15, 0.2) is 11.5 Å². The molecule has 120 valence electrons. The molecule has 1 rings (SSSR count). The molecular weight excluding hydrogens is 266 g/mol. The van der Waals surface area contributed by atoms with Gasteiger partial charge >= 0.3 is 0 Å². The van der Waals surface area contributed by atoms with Gasteiger partial charge in [-0.2, -0.15) is 0 Å². The summed E-state index contributed by atoms with van der Waals surface area (Å²) in [5, 5.41) is 3.49. The number of hydrogen-bond donors (Lipinski definition) is 1. The molecule has 1 N–H and O–H groups in total. The van der Waals surface area contributed by atoms with E-state index in [0.717, 1.165) is 43.1 Å². The quantitative estimate of drug-likeness (QED) is 0.709. The largest absolute Gasteiger partial charge is 0.493 e. The Morgan fingerprint density at radius 2 is 1.76 bits per heavy atom. The maximum absolute atomic E-state index is 5.95. The molecule has 0 spiro atoms. The first-order valence-electron chi connectivity index (χ1n) is 7.50. The highest BCUT2D eigenvalue weighted by molar-refractivity contribution is 5.46. The van der Waals surface area contributed by atoms with Gasteiger partial charge in [-0.15, -0.1) is 0 Å². The fourth-order valence-electron chi connectivity index (χ4n) is 1.91. The molecule has 0 radical (unpaired) electrons. The van der Waals surface area contributed by atoms with Crippen LogP contribution in [0.15, 0.2) is 18.2 Å². The zero-order valence-electron chi connectivity index (χ0n) is 14.0. The van der Waals surface area contributed by atoms with Crippen molar-refractivity contribution in [2.45, 2.75) is 45.7 Å². The van der Waals surface area contributed by atoms with Crippen LogP contribution in [0.2, 0.25) is 0 Å². The second-order valence-electron chi connectivity index (χ2n) is 6.10. The zero-order valence-corrected chi connectivity index (χ0v) is 14.0. The van der Waals surface area contributed by atoms with Crippen molar-refractivity contribution in [3.8, 4) is 11.5 Å². The maximum Gasteiger partial charge on any atom is 0.165 e. The highest BCUT2D eigenvalue weighted by Gasteiger charge is 2.14. The fourth-order valence-corrected chi connectivity index (χ4v) is 1.91. The SMILES string of the molecule is COCCCCOc1c(CNC(C)(C)C)cccc1OC. The van der Waals surface area contributed by atoms with E-state index in [4.69, 9.17) is 14.2 Å². The average molecular weight is 295 g/mol. The number of para-hydroxylation sites is 1. The lowest BCUT2D eigenvalue weighted by Gasteiger charge is -2.22. The summed E-state index contributed by atoms with van der Waals surface area (Å²) in [5.74, 6) is 1.63. The van der Waals surface area contributed by atoms with Crippen LogP contribution in [-0.4, -0.2) is 33.0 Å². The number of methoxy groups -OCH3 is 2. The monoisotopic (exact) mass is 295 g/mol. The molecule has 0 unspecified atom stereocenters. The topological polar surface area (TPSA) is 39.7 Å². The minimum Gasteiger partial charge on any atom is -0.493 e. The third-order valence-corrected chi connectivity index (χ3v) is 3.08. The molecule has 1 aromatic carbocycles. The molecule has 0 aliphatic carbocycles. The molecular formula is C17H29NO3. The number of ether oxygens (including phenoxy) is 3. The Balaban J connectivity index is 2.68. The molecule has 0 amide bonds. The summed E-state index contributed by atoms with van der Waals surface area (Å²) >= 11 is 0. The third kappa shape index (κ3) is 6.82. The normalized spacial score (nSPS) is 11.5. The van der Waals surface area contributed by atoms with Crippen LogP contribution in [0.4, 0.5) is 0 Å². The summed E-state index contributed by atoms with van der Waals surface area (Å²) in [4.78, 5) is 0. The third-order valence-electron chi connectivity index (χ3n) is 3.08. The van der Waals surface area contributed by atoms with Gasteiger partial charge in [0, 0.05) is 31.4 Å². The summed E-state index contributed by atoms with van der Waals surface area (Å²) in [6, 6.07) is 6.01. The van der Waals surface area contributed by atoms with Gasteiger partial charge in [0.2, 0.25) is 0 Å². The van der Waals surface area contributed by atoms with Crippen molar-refractivity contribution in [2.24, 2.45) is 0 Å². The van der Waals surface area contributed by atoms with E-state index in [0.29, 0.717) is 6.61 Å². The first kappa shape index (κ1) is 17.8. The van der Waals surface area contributed by atoms with Crippen LogP contribution < -0.4 is 14.8 Å². The van der Waals surface area contributed by atoms with Crippen molar-refractivity contribution >= 4 is 0 Å². The van der Waals surface area contributed by atoms with Crippen LogP contribution in [0.3, 0.4) is 0 Å². The van der Waals surface area contributed by atoms with Gasteiger partial charge in [0.05, 0.1) is 13.7 Å². The van der Waals surface area contributed by atoms with Crippen LogP contribution in [0.5, 0.6) is 11.5 Å². The predicted octanol–water partition coefficient (Wildman–Crippen LogP) is 3.39. The maximum atomic E-state index is 5.95. The van der Waals surface area contributed by atoms with Crippen LogP contribution in [-0.2, 0) is 11.3 Å². The second kappa shape index (κ2) is 8.90. The lowest BCUT2D eigenvalue weighted by atomic mass is 10.1. The molecule has 0 aliphatic rings. The summed E-state index contributed by atoms with van der Waals surface area (Å²) in [6.07, 6.45) is 1.97. The first-order valence-corrected chi connectivity index (χ1v) is 7.50. The van der Waals surface area contributed by atoms with Crippen molar-refractivity contribution in [1.82, 2.24) is 5.32 Å². The summed E-state index contributed by atoms with van der Waals surface area (Å²) < 4.78 is 16.4. The van der Waals surface area contributed by atoms with Gasteiger partial charge in [-0.25, -0.2) is 0 Å². The molecule has 0 saturated heterocycles. The number of hydrogen-bond acceptors (Lipinski definition) is 4. The van der Waals surface area contributed by atoms with Crippen LogP contribution in [0.1, 0.15) is 39.2 Å².